The average molecular weight is 251 g/mol. The highest BCUT2D eigenvalue weighted by Gasteiger charge is 2.58. The van der Waals surface area contributed by atoms with Crippen LogP contribution in [0.25, 0.3) is 0 Å². The van der Waals surface area contributed by atoms with Crippen LogP contribution in [0.15, 0.2) is 4.99 Å². The molecular weight excluding hydrogens is 226 g/mol. The zero-order chi connectivity index (χ0) is 12.6. The number of nitrogens with zero attached hydrogens (tertiary/aromatic N) is 1. The molecule has 0 aromatic heterocycles. The molecule has 3 aliphatic carbocycles. The fraction of sp³-hybridized carbons (Fsp3) is 0.929. The third-order valence-electron chi connectivity index (χ3n) is 5.42. The van der Waals surface area contributed by atoms with Gasteiger partial charge in [0.05, 0.1) is 6.10 Å². The molecule has 1 spiro atoms. The van der Waals surface area contributed by atoms with Crippen LogP contribution in [-0.4, -0.2) is 31.8 Å². The quantitative estimate of drug-likeness (QED) is 0.590. The lowest BCUT2D eigenvalue weighted by Gasteiger charge is -2.60. The number of hydrogen-bond acceptors (Lipinski definition) is 2. The zero-order valence-corrected chi connectivity index (χ0v) is 11.3. The second-order valence-electron chi connectivity index (χ2n) is 6.27. The van der Waals surface area contributed by atoms with E-state index in [0.717, 1.165) is 18.9 Å². The Kier molecular flexibility index (Phi) is 3.22. The molecule has 2 atom stereocenters. The Balaban J connectivity index is 1.50. The van der Waals surface area contributed by atoms with Crippen LogP contribution in [-0.2, 0) is 4.74 Å². The van der Waals surface area contributed by atoms with Gasteiger partial charge >= 0.3 is 0 Å². The van der Waals surface area contributed by atoms with Gasteiger partial charge in [-0.25, -0.2) is 0 Å². The Morgan fingerprint density at radius 1 is 1.39 bits per heavy atom. The van der Waals surface area contributed by atoms with Crippen LogP contribution in [0.5, 0.6) is 0 Å². The molecule has 0 heterocycles. The maximum atomic E-state index is 6.00. The van der Waals surface area contributed by atoms with Gasteiger partial charge in [-0.3, -0.25) is 4.99 Å². The van der Waals surface area contributed by atoms with Crippen LogP contribution in [0.2, 0.25) is 0 Å². The molecule has 0 aromatic carbocycles. The first-order valence-corrected chi connectivity index (χ1v) is 7.34. The van der Waals surface area contributed by atoms with Crippen molar-refractivity contribution in [3.8, 4) is 0 Å². The number of aliphatic imine (C=N–C) groups is 1. The van der Waals surface area contributed by atoms with E-state index in [1.165, 1.54) is 38.5 Å². The molecule has 4 nitrogen and oxygen atoms in total. The van der Waals surface area contributed by atoms with E-state index >= 15 is 0 Å². The maximum absolute atomic E-state index is 6.00. The molecule has 3 rings (SSSR count). The first kappa shape index (κ1) is 12.3. The Hall–Kier alpha value is -0.770. The summed E-state index contributed by atoms with van der Waals surface area (Å²) in [5.41, 5.74) is 6.36. The third kappa shape index (κ3) is 1.91. The number of ether oxygens (including phenoxy) is 1. The van der Waals surface area contributed by atoms with Crippen LogP contribution in [0.3, 0.4) is 0 Å². The van der Waals surface area contributed by atoms with Gasteiger partial charge in [0, 0.05) is 25.1 Å². The van der Waals surface area contributed by atoms with Crippen LogP contribution >= 0.6 is 0 Å². The Bertz CT molecular complexity index is 334. The summed E-state index contributed by atoms with van der Waals surface area (Å²) in [6, 6.07) is 0.487. The van der Waals surface area contributed by atoms with E-state index < -0.39 is 0 Å². The Morgan fingerprint density at radius 2 is 2.17 bits per heavy atom. The second kappa shape index (κ2) is 4.72. The van der Waals surface area contributed by atoms with Crippen molar-refractivity contribution in [3.05, 3.63) is 0 Å². The molecule has 0 bridgehead atoms. The molecule has 0 aromatic rings. The van der Waals surface area contributed by atoms with E-state index in [-0.39, 0.29) is 0 Å². The molecule has 3 aliphatic rings. The first-order valence-electron chi connectivity index (χ1n) is 7.34. The highest BCUT2D eigenvalue weighted by molar-refractivity contribution is 5.78. The van der Waals surface area contributed by atoms with Gasteiger partial charge in [0.1, 0.15) is 0 Å². The van der Waals surface area contributed by atoms with Gasteiger partial charge in [0.25, 0.3) is 0 Å². The molecule has 3 N–H and O–H groups in total. The summed E-state index contributed by atoms with van der Waals surface area (Å²) in [4.78, 5) is 4.49. The fourth-order valence-electron chi connectivity index (χ4n) is 3.66. The smallest absolute Gasteiger partial charge is 0.188 e. The topological polar surface area (TPSA) is 59.6 Å². The van der Waals surface area contributed by atoms with E-state index in [9.17, 15) is 0 Å². The van der Waals surface area contributed by atoms with Crippen molar-refractivity contribution in [3.63, 3.8) is 0 Å². The Morgan fingerprint density at radius 3 is 2.67 bits per heavy atom. The highest BCUT2D eigenvalue weighted by atomic mass is 16.5. The van der Waals surface area contributed by atoms with Crippen molar-refractivity contribution >= 4 is 5.96 Å². The minimum Gasteiger partial charge on any atom is -0.381 e. The molecule has 18 heavy (non-hydrogen) atoms. The lowest BCUT2D eigenvalue weighted by Crippen LogP contribution is -2.68. The summed E-state index contributed by atoms with van der Waals surface area (Å²) >= 11 is 0. The second-order valence-corrected chi connectivity index (χ2v) is 6.27. The van der Waals surface area contributed by atoms with E-state index in [1.807, 2.05) is 7.11 Å². The third-order valence-corrected chi connectivity index (χ3v) is 5.42. The maximum Gasteiger partial charge on any atom is 0.188 e. The first-order chi connectivity index (χ1) is 8.74. The largest absolute Gasteiger partial charge is 0.381 e. The number of rotatable bonds is 4. The molecule has 0 saturated heterocycles. The number of methoxy groups -OCH3 is 1. The van der Waals surface area contributed by atoms with Crippen molar-refractivity contribution in [1.29, 1.82) is 0 Å². The van der Waals surface area contributed by atoms with Gasteiger partial charge in [0.2, 0.25) is 0 Å². The normalized spacial score (nSPS) is 34.6. The summed E-state index contributed by atoms with van der Waals surface area (Å²) in [5.74, 6) is 1.43. The van der Waals surface area contributed by atoms with Gasteiger partial charge < -0.3 is 15.8 Å². The minimum atomic E-state index is 0.366. The van der Waals surface area contributed by atoms with E-state index in [2.05, 4.69) is 10.3 Å². The lowest BCUT2D eigenvalue weighted by atomic mass is 9.51. The van der Waals surface area contributed by atoms with E-state index in [1.54, 1.807) is 0 Å². The van der Waals surface area contributed by atoms with Crippen LogP contribution in [0.4, 0.5) is 0 Å². The van der Waals surface area contributed by atoms with Crippen LogP contribution in [0.1, 0.15) is 44.9 Å². The fourth-order valence-corrected chi connectivity index (χ4v) is 3.66. The Labute approximate surface area is 109 Å². The van der Waals surface area contributed by atoms with Crippen molar-refractivity contribution in [2.24, 2.45) is 22.1 Å². The van der Waals surface area contributed by atoms with Gasteiger partial charge in [-0.05, 0) is 38.0 Å². The molecule has 4 heteroatoms. The summed E-state index contributed by atoms with van der Waals surface area (Å²) in [5, 5.41) is 3.42. The predicted octanol–water partition coefficient (Wildman–Crippen LogP) is 1.65. The van der Waals surface area contributed by atoms with E-state index in [0.29, 0.717) is 23.5 Å². The van der Waals surface area contributed by atoms with Gasteiger partial charge in [-0.2, -0.15) is 0 Å². The molecule has 0 amide bonds. The molecule has 2 unspecified atom stereocenters. The van der Waals surface area contributed by atoms with Crippen LogP contribution in [0, 0.1) is 11.3 Å². The predicted molar refractivity (Wildman–Crippen MR) is 72.5 cm³/mol. The van der Waals surface area contributed by atoms with E-state index in [4.69, 9.17) is 10.5 Å². The summed E-state index contributed by atoms with van der Waals surface area (Å²) in [6.45, 7) is 0.909. The summed E-state index contributed by atoms with van der Waals surface area (Å²) < 4.78 is 5.56. The lowest BCUT2D eigenvalue weighted by molar-refractivity contribution is -0.156. The van der Waals surface area contributed by atoms with Crippen molar-refractivity contribution in [2.75, 3.05) is 13.7 Å². The van der Waals surface area contributed by atoms with Gasteiger partial charge in [0.15, 0.2) is 5.96 Å². The summed E-state index contributed by atoms with van der Waals surface area (Å²) in [7, 11) is 1.83. The van der Waals surface area contributed by atoms with Crippen molar-refractivity contribution in [2.45, 2.75) is 57.1 Å². The van der Waals surface area contributed by atoms with Gasteiger partial charge in [-0.15, -0.1) is 0 Å². The SMILES string of the molecule is COC1CC(NC(N)=NCC2CCC2)C12CCC2. The van der Waals surface area contributed by atoms with Crippen molar-refractivity contribution < 1.29 is 4.74 Å². The molecule has 3 saturated carbocycles. The highest BCUT2D eigenvalue weighted by Crippen LogP contribution is 2.57. The van der Waals surface area contributed by atoms with Gasteiger partial charge in [-0.1, -0.05) is 12.8 Å². The average Bonchev–Trinajstić information content (AvgIpc) is 2.19. The van der Waals surface area contributed by atoms with Crippen molar-refractivity contribution in [1.82, 2.24) is 5.32 Å². The monoisotopic (exact) mass is 251 g/mol. The zero-order valence-electron chi connectivity index (χ0n) is 11.3. The van der Waals surface area contributed by atoms with Crippen LogP contribution < -0.4 is 11.1 Å². The standard InChI is InChI=1S/C14H25N3O/c1-18-12-8-11(14(12)6-3-7-14)17-13(15)16-9-10-4-2-5-10/h10-12H,2-9H2,1H3,(H3,15,16,17). The molecule has 0 aliphatic heterocycles. The summed E-state index contributed by atoms with van der Waals surface area (Å²) in [6.07, 6.45) is 9.43. The number of nitrogens with two attached hydrogens (primary N) is 1. The molecular formula is C14H25N3O. The minimum absolute atomic E-state index is 0.366. The molecule has 102 valence electrons. The molecule has 3 fully saturated rings. The number of guanidine groups is 1. The number of hydrogen-bond donors (Lipinski definition) is 2. The number of nitrogens with one attached hydrogen (secondary N) is 1. The molecule has 0 radical (unpaired) electrons.